The van der Waals surface area contributed by atoms with Crippen molar-refractivity contribution in [2.24, 2.45) is 10.7 Å². The van der Waals surface area contributed by atoms with E-state index in [-0.39, 0.29) is 13.4 Å². The van der Waals surface area contributed by atoms with Gasteiger partial charge in [-0.25, -0.2) is 0 Å². The van der Waals surface area contributed by atoms with E-state index in [2.05, 4.69) is 10.3 Å². The van der Waals surface area contributed by atoms with E-state index in [0.29, 0.717) is 18.4 Å². The SMILES string of the molecule is CC1(C)OB(/C(C=N[C@H]2CCNC(=O)C2)=C/N)OC1(C)C.[HH]. The Kier molecular flexibility index (Phi) is 4.44. The second kappa shape index (κ2) is 5.81. The summed E-state index contributed by atoms with van der Waals surface area (Å²) in [7, 11) is -0.527. The topological polar surface area (TPSA) is 85.9 Å². The number of nitrogens with one attached hydrogen (secondary N) is 1. The monoisotopic (exact) mass is 295 g/mol. The number of piperidine rings is 1. The first-order chi connectivity index (χ1) is 9.75. The maximum atomic E-state index is 11.3. The number of allylic oxidation sites excluding steroid dienone is 1. The minimum absolute atomic E-state index is 0. The molecule has 0 unspecified atom stereocenters. The Labute approximate surface area is 127 Å². The number of rotatable bonds is 3. The van der Waals surface area contributed by atoms with E-state index < -0.39 is 18.3 Å². The molecule has 7 heteroatoms. The molecule has 21 heavy (non-hydrogen) atoms. The van der Waals surface area contributed by atoms with Crippen LogP contribution < -0.4 is 11.1 Å². The summed E-state index contributed by atoms with van der Waals surface area (Å²) < 4.78 is 11.9. The molecular formula is C14H26BN3O3. The van der Waals surface area contributed by atoms with Gasteiger partial charge in [-0.2, -0.15) is 0 Å². The van der Waals surface area contributed by atoms with Crippen molar-refractivity contribution in [3.8, 4) is 0 Å². The van der Waals surface area contributed by atoms with Crippen LogP contribution in [0.4, 0.5) is 0 Å². The summed E-state index contributed by atoms with van der Waals surface area (Å²) in [5.41, 5.74) is 5.54. The highest BCUT2D eigenvalue weighted by Crippen LogP contribution is 2.38. The van der Waals surface area contributed by atoms with E-state index in [1.165, 1.54) is 6.20 Å². The molecule has 1 atom stereocenters. The number of hydrogen-bond donors (Lipinski definition) is 2. The molecule has 118 valence electrons. The molecule has 0 aromatic rings. The zero-order valence-electron chi connectivity index (χ0n) is 13.2. The number of nitrogens with zero attached hydrogens (tertiary/aromatic N) is 1. The number of hydrogen-bond acceptors (Lipinski definition) is 5. The quantitative estimate of drug-likeness (QED) is 0.602. The Morgan fingerprint density at radius 2 is 2.05 bits per heavy atom. The number of aliphatic imine (C=N–C) groups is 1. The summed E-state index contributed by atoms with van der Waals surface area (Å²) in [6.45, 7) is 8.63. The van der Waals surface area contributed by atoms with Crippen LogP contribution in [-0.2, 0) is 14.1 Å². The van der Waals surface area contributed by atoms with Gasteiger partial charge in [0.25, 0.3) is 0 Å². The Hall–Kier alpha value is -1.34. The third kappa shape index (κ3) is 3.47. The summed E-state index contributed by atoms with van der Waals surface area (Å²) in [6, 6.07) is -0.00359. The van der Waals surface area contributed by atoms with Gasteiger partial charge in [0.1, 0.15) is 0 Å². The molecule has 0 aromatic carbocycles. The lowest BCUT2D eigenvalue weighted by atomic mass is 9.79. The van der Waals surface area contributed by atoms with Gasteiger partial charge in [-0.3, -0.25) is 9.79 Å². The Morgan fingerprint density at radius 1 is 1.43 bits per heavy atom. The van der Waals surface area contributed by atoms with Gasteiger partial charge in [0.15, 0.2) is 0 Å². The maximum Gasteiger partial charge on any atom is 0.497 e. The normalized spacial score (nSPS) is 29.0. The number of nitrogens with two attached hydrogens (primary N) is 1. The third-order valence-electron chi connectivity index (χ3n) is 4.37. The van der Waals surface area contributed by atoms with Crippen molar-refractivity contribution in [3.05, 3.63) is 11.7 Å². The predicted octanol–water partition coefficient (Wildman–Crippen LogP) is 1.06. The zero-order valence-corrected chi connectivity index (χ0v) is 13.2. The lowest BCUT2D eigenvalue weighted by molar-refractivity contribution is -0.122. The second-order valence-corrected chi connectivity index (χ2v) is 6.53. The molecule has 6 nitrogen and oxygen atoms in total. The van der Waals surface area contributed by atoms with Crippen LogP contribution in [0.25, 0.3) is 0 Å². The molecule has 0 aromatic heterocycles. The van der Waals surface area contributed by atoms with Crippen LogP contribution in [0, 0.1) is 0 Å². The summed E-state index contributed by atoms with van der Waals surface area (Å²) in [5, 5.41) is 2.79. The van der Waals surface area contributed by atoms with E-state index in [0.717, 1.165) is 6.42 Å². The standard InChI is InChI=1S/C14H24BN3O3.H2/c1-13(2)14(3,4)21-15(20-13)10(8-16)9-18-11-5-6-17-12(19)7-11;/h8-9,11H,5-7,16H2,1-4H3,(H,17,19);1H/b10-8+,18-9?;/t11-;/m0./s1. The van der Waals surface area contributed by atoms with Crippen LogP contribution in [0.1, 0.15) is 42.0 Å². The van der Waals surface area contributed by atoms with Gasteiger partial charge in [-0.05, 0) is 40.3 Å². The van der Waals surface area contributed by atoms with E-state index in [1.54, 1.807) is 6.21 Å². The second-order valence-electron chi connectivity index (χ2n) is 6.53. The van der Waals surface area contributed by atoms with Gasteiger partial charge in [0.2, 0.25) is 5.91 Å². The molecule has 2 aliphatic heterocycles. The van der Waals surface area contributed by atoms with Gasteiger partial charge in [0.05, 0.1) is 17.2 Å². The minimum Gasteiger partial charge on any atom is -0.405 e. The van der Waals surface area contributed by atoms with Crippen LogP contribution >= 0.6 is 0 Å². The van der Waals surface area contributed by atoms with Gasteiger partial charge in [0, 0.05) is 26.1 Å². The first-order valence-electron chi connectivity index (χ1n) is 7.32. The minimum atomic E-state index is -0.527. The Balaban J connectivity index is 0.00000242. The highest BCUT2D eigenvalue weighted by Gasteiger charge is 2.52. The highest BCUT2D eigenvalue weighted by molar-refractivity contribution is 6.60. The lowest BCUT2D eigenvalue weighted by Crippen LogP contribution is -2.41. The summed E-state index contributed by atoms with van der Waals surface area (Å²) in [4.78, 5) is 15.8. The first kappa shape index (κ1) is 16.0. The van der Waals surface area contributed by atoms with Crippen LogP contribution in [0.5, 0.6) is 0 Å². The predicted molar refractivity (Wildman–Crippen MR) is 85.0 cm³/mol. The van der Waals surface area contributed by atoms with Gasteiger partial charge < -0.3 is 20.4 Å². The fraction of sp³-hybridized carbons (Fsp3) is 0.714. The van der Waals surface area contributed by atoms with Crippen molar-refractivity contribution in [3.63, 3.8) is 0 Å². The largest absolute Gasteiger partial charge is 0.497 e. The molecule has 0 bridgehead atoms. The van der Waals surface area contributed by atoms with Crippen molar-refractivity contribution >= 4 is 19.2 Å². The summed E-state index contributed by atoms with van der Waals surface area (Å²) in [6.07, 6.45) is 4.38. The Bertz CT molecular complexity index is 464. The van der Waals surface area contributed by atoms with Crippen molar-refractivity contribution in [2.75, 3.05) is 6.54 Å². The average molecular weight is 295 g/mol. The maximum absolute atomic E-state index is 11.3. The molecule has 2 rings (SSSR count). The van der Waals surface area contributed by atoms with E-state index in [1.807, 2.05) is 27.7 Å². The van der Waals surface area contributed by atoms with Crippen LogP contribution in [0.15, 0.2) is 16.7 Å². The number of amides is 1. The molecular weight excluding hydrogens is 269 g/mol. The highest BCUT2D eigenvalue weighted by atomic mass is 16.7. The Morgan fingerprint density at radius 3 is 2.57 bits per heavy atom. The molecule has 2 fully saturated rings. The average Bonchev–Trinajstić information content (AvgIpc) is 2.59. The zero-order chi connectivity index (χ0) is 15.7. The van der Waals surface area contributed by atoms with Crippen molar-refractivity contribution < 1.29 is 15.5 Å². The van der Waals surface area contributed by atoms with Gasteiger partial charge in [-0.1, -0.05) is 0 Å². The first-order valence-corrected chi connectivity index (χ1v) is 7.32. The number of carbonyl (C=O) groups is 1. The van der Waals surface area contributed by atoms with E-state index in [4.69, 9.17) is 15.0 Å². The van der Waals surface area contributed by atoms with Crippen molar-refractivity contribution in [2.45, 2.75) is 57.8 Å². The molecule has 0 saturated carbocycles. The number of carbonyl (C=O) groups excluding carboxylic acids is 1. The van der Waals surface area contributed by atoms with E-state index in [9.17, 15) is 4.79 Å². The molecule has 1 amide bonds. The summed E-state index contributed by atoms with van der Waals surface area (Å²) >= 11 is 0. The molecule has 0 aliphatic carbocycles. The molecule has 3 N–H and O–H groups in total. The fourth-order valence-electron chi connectivity index (χ4n) is 2.25. The van der Waals surface area contributed by atoms with Gasteiger partial charge in [-0.15, -0.1) is 0 Å². The van der Waals surface area contributed by atoms with Crippen LogP contribution in [-0.4, -0.2) is 43.0 Å². The van der Waals surface area contributed by atoms with Crippen molar-refractivity contribution in [1.29, 1.82) is 0 Å². The fourth-order valence-corrected chi connectivity index (χ4v) is 2.25. The van der Waals surface area contributed by atoms with E-state index >= 15 is 0 Å². The lowest BCUT2D eigenvalue weighted by Gasteiger charge is -2.32. The van der Waals surface area contributed by atoms with Gasteiger partial charge >= 0.3 is 7.12 Å². The summed E-state index contributed by atoms with van der Waals surface area (Å²) in [5.74, 6) is 0.0392. The smallest absolute Gasteiger partial charge is 0.405 e. The molecule has 2 heterocycles. The van der Waals surface area contributed by atoms with Crippen LogP contribution in [0.2, 0.25) is 0 Å². The third-order valence-corrected chi connectivity index (χ3v) is 4.37. The molecule has 2 aliphatic rings. The molecule has 2 saturated heterocycles. The molecule has 0 radical (unpaired) electrons. The van der Waals surface area contributed by atoms with Crippen LogP contribution in [0.3, 0.4) is 0 Å². The molecule has 0 spiro atoms. The van der Waals surface area contributed by atoms with Crippen molar-refractivity contribution in [1.82, 2.24) is 5.32 Å².